The molecule has 0 radical (unpaired) electrons. The highest BCUT2D eigenvalue weighted by molar-refractivity contribution is 5.78. The summed E-state index contributed by atoms with van der Waals surface area (Å²) < 4.78 is 0. The molecule has 2 unspecified atom stereocenters. The first-order valence-corrected chi connectivity index (χ1v) is 5.24. The molecule has 2 atom stereocenters. The summed E-state index contributed by atoms with van der Waals surface area (Å²) in [5, 5.41) is 0. The van der Waals surface area contributed by atoms with Gasteiger partial charge in [-0.15, -0.1) is 0 Å². The van der Waals surface area contributed by atoms with E-state index in [0.29, 0.717) is 11.7 Å². The van der Waals surface area contributed by atoms with Crippen molar-refractivity contribution in [1.82, 2.24) is 0 Å². The van der Waals surface area contributed by atoms with Gasteiger partial charge in [0.2, 0.25) is 0 Å². The van der Waals surface area contributed by atoms with Crippen molar-refractivity contribution in [3.05, 3.63) is 0 Å². The quantitative estimate of drug-likeness (QED) is 0.579. The number of rotatable bonds is 2. The average molecular weight is 168 g/mol. The third kappa shape index (κ3) is 2.62. The van der Waals surface area contributed by atoms with Crippen molar-refractivity contribution < 1.29 is 4.79 Å². The summed E-state index contributed by atoms with van der Waals surface area (Å²) in [5.74, 6) is 1.70. The lowest BCUT2D eigenvalue weighted by Crippen LogP contribution is -2.09. The van der Waals surface area contributed by atoms with E-state index in [-0.39, 0.29) is 0 Å². The highest BCUT2D eigenvalue weighted by atomic mass is 16.1. The van der Waals surface area contributed by atoms with Crippen molar-refractivity contribution in [2.75, 3.05) is 0 Å². The lowest BCUT2D eigenvalue weighted by Gasteiger charge is -2.10. The fourth-order valence-corrected chi connectivity index (χ4v) is 2.19. The number of carbonyl (C=O) groups excluding carboxylic acids is 1. The fourth-order valence-electron chi connectivity index (χ4n) is 2.19. The minimum Gasteiger partial charge on any atom is -0.300 e. The van der Waals surface area contributed by atoms with E-state index in [9.17, 15) is 4.79 Å². The van der Waals surface area contributed by atoms with Gasteiger partial charge in [0.05, 0.1) is 0 Å². The first-order chi connectivity index (χ1) is 5.74. The van der Waals surface area contributed by atoms with Crippen LogP contribution in [0.1, 0.15) is 52.4 Å². The van der Waals surface area contributed by atoms with Gasteiger partial charge in [0.1, 0.15) is 5.78 Å². The Bertz CT molecular complexity index is 151. The van der Waals surface area contributed by atoms with Crippen LogP contribution in [-0.2, 0) is 4.79 Å². The van der Waals surface area contributed by atoms with Crippen molar-refractivity contribution in [1.29, 1.82) is 0 Å². The van der Waals surface area contributed by atoms with Crippen LogP contribution in [0.2, 0.25) is 0 Å². The normalized spacial score (nSPS) is 31.2. The molecule has 0 aromatic carbocycles. The monoisotopic (exact) mass is 168 g/mol. The Morgan fingerprint density at radius 3 is 2.58 bits per heavy atom. The van der Waals surface area contributed by atoms with Gasteiger partial charge in [0.15, 0.2) is 0 Å². The van der Waals surface area contributed by atoms with E-state index in [1.165, 1.54) is 25.7 Å². The van der Waals surface area contributed by atoms with Gasteiger partial charge in [-0.1, -0.05) is 26.2 Å². The second kappa shape index (κ2) is 4.64. The Kier molecular flexibility index (Phi) is 3.77. The van der Waals surface area contributed by atoms with Crippen molar-refractivity contribution in [3.8, 4) is 0 Å². The molecular weight excluding hydrogens is 148 g/mol. The zero-order valence-electron chi connectivity index (χ0n) is 8.31. The van der Waals surface area contributed by atoms with E-state index < -0.39 is 0 Å². The zero-order chi connectivity index (χ0) is 8.97. The van der Waals surface area contributed by atoms with Crippen LogP contribution in [0.4, 0.5) is 0 Å². The van der Waals surface area contributed by atoms with Gasteiger partial charge in [0.25, 0.3) is 0 Å². The largest absolute Gasteiger partial charge is 0.300 e. The predicted octanol–water partition coefficient (Wildman–Crippen LogP) is 3.18. The Balaban J connectivity index is 2.39. The molecule has 0 aromatic heterocycles. The first kappa shape index (κ1) is 9.76. The number of carbonyl (C=O) groups is 1. The summed E-state index contributed by atoms with van der Waals surface area (Å²) in [6.07, 6.45) is 7.48. The number of hydrogen-bond acceptors (Lipinski definition) is 1. The van der Waals surface area contributed by atoms with Crippen LogP contribution in [0.5, 0.6) is 0 Å². The molecule has 0 bridgehead atoms. The van der Waals surface area contributed by atoms with Crippen LogP contribution >= 0.6 is 0 Å². The Morgan fingerprint density at radius 2 is 2.00 bits per heavy atom. The zero-order valence-corrected chi connectivity index (χ0v) is 8.31. The molecule has 1 nitrogen and oxygen atoms in total. The molecule has 0 aliphatic heterocycles. The maximum atomic E-state index is 11.1. The minimum atomic E-state index is 0.390. The standard InChI is InChI=1S/C11H20O/c1-3-10-5-4-6-11(8-7-10)9(2)12/h10-11H,3-8H2,1-2H3. The van der Waals surface area contributed by atoms with Crippen LogP contribution in [0.15, 0.2) is 0 Å². The number of ketones is 1. The third-order valence-corrected chi connectivity index (χ3v) is 3.24. The summed E-state index contributed by atoms with van der Waals surface area (Å²) in [6.45, 7) is 4.01. The van der Waals surface area contributed by atoms with E-state index in [4.69, 9.17) is 0 Å². The average Bonchev–Trinajstić information content (AvgIpc) is 2.28. The highest BCUT2D eigenvalue weighted by Crippen LogP contribution is 2.29. The Morgan fingerprint density at radius 1 is 1.25 bits per heavy atom. The molecule has 70 valence electrons. The highest BCUT2D eigenvalue weighted by Gasteiger charge is 2.20. The summed E-state index contributed by atoms with van der Waals surface area (Å²) in [4.78, 5) is 11.1. The van der Waals surface area contributed by atoms with Crippen LogP contribution in [0.25, 0.3) is 0 Å². The van der Waals surface area contributed by atoms with E-state index in [2.05, 4.69) is 6.92 Å². The maximum Gasteiger partial charge on any atom is 0.132 e. The second-order valence-corrected chi connectivity index (χ2v) is 4.09. The smallest absolute Gasteiger partial charge is 0.132 e. The molecule has 1 aliphatic rings. The van der Waals surface area contributed by atoms with Gasteiger partial charge in [-0.25, -0.2) is 0 Å². The van der Waals surface area contributed by atoms with E-state index in [1.54, 1.807) is 6.92 Å². The minimum absolute atomic E-state index is 0.390. The molecule has 0 amide bonds. The van der Waals surface area contributed by atoms with Crippen LogP contribution in [0.3, 0.4) is 0 Å². The predicted molar refractivity (Wildman–Crippen MR) is 51.0 cm³/mol. The van der Waals surface area contributed by atoms with Gasteiger partial charge in [0, 0.05) is 5.92 Å². The molecular formula is C11H20O. The van der Waals surface area contributed by atoms with Gasteiger partial charge in [-0.2, -0.15) is 0 Å². The first-order valence-electron chi connectivity index (χ1n) is 5.24. The second-order valence-electron chi connectivity index (χ2n) is 4.09. The van der Waals surface area contributed by atoms with E-state index >= 15 is 0 Å². The van der Waals surface area contributed by atoms with Crippen LogP contribution in [0, 0.1) is 11.8 Å². The number of Topliss-reactive ketones (excluding diaryl/α,β-unsaturated/α-hetero) is 1. The Hall–Kier alpha value is -0.330. The maximum absolute atomic E-state index is 11.1. The SMILES string of the molecule is CCC1CCCC(C(C)=O)CC1. The lowest BCUT2D eigenvalue weighted by molar-refractivity contribution is -0.121. The Labute approximate surface area is 75.5 Å². The summed E-state index contributed by atoms with van der Waals surface area (Å²) in [6, 6.07) is 0. The molecule has 0 spiro atoms. The molecule has 1 heteroatoms. The third-order valence-electron chi connectivity index (χ3n) is 3.24. The molecule has 0 heterocycles. The van der Waals surface area contributed by atoms with E-state index in [0.717, 1.165) is 18.8 Å². The van der Waals surface area contributed by atoms with Gasteiger partial charge >= 0.3 is 0 Å². The molecule has 1 fully saturated rings. The van der Waals surface area contributed by atoms with Gasteiger partial charge < -0.3 is 0 Å². The molecule has 0 aromatic rings. The molecule has 0 N–H and O–H groups in total. The van der Waals surface area contributed by atoms with Crippen molar-refractivity contribution in [3.63, 3.8) is 0 Å². The number of hydrogen-bond donors (Lipinski definition) is 0. The summed E-state index contributed by atoms with van der Waals surface area (Å²) in [5.41, 5.74) is 0. The fraction of sp³-hybridized carbons (Fsp3) is 0.909. The lowest BCUT2D eigenvalue weighted by atomic mass is 9.94. The molecule has 12 heavy (non-hydrogen) atoms. The van der Waals surface area contributed by atoms with E-state index in [1.807, 2.05) is 0 Å². The molecule has 0 saturated heterocycles. The van der Waals surface area contributed by atoms with Gasteiger partial charge in [-0.05, 0) is 32.1 Å². The molecule has 1 aliphatic carbocycles. The molecule has 1 saturated carbocycles. The molecule has 1 rings (SSSR count). The van der Waals surface area contributed by atoms with Gasteiger partial charge in [-0.3, -0.25) is 4.79 Å². The topological polar surface area (TPSA) is 17.1 Å². The summed E-state index contributed by atoms with van der Waals surface area (Å²) in [7, 11) is 0. The van der Waals surface area contributed by atoms with Crippen LogP contribution in [-0.4, -0.2) is 5.78 Å². The van der Waals surface area contributed by atoms with Crippen molar-refractivity contribution in [2.24, 2.45) is 11.8 Å². The van der Waals surface area contributed by atoms with Crippen LogP contribution < -0.4 is 0 Å². The van der Waals surface area contributed by atoms with Crippen molar-refractivity contribution in [2.45, 2.75) is 52.4 Å². The van der Waals surface area contributed by atoms with Crippen molar-refractivity contribution >= 4 is 5.78 Å². The summed E-state index contributed by atoms with van der Waals surface area (Å²) >= 11 is 0.